The lowest BCUT2D eigenvalue weighted by Crippen LogP contribution is -2.22. The molecule has 1 aliphatic carbocycles. The molecule has 17 heavy (non-hydrogen) atoms. The van der Waals surface area contributed by atoms with E-state index < -0.39 is 0 Å². The molecule has 0 N–H and O–H groups in total. The zero-order chi connectivity index (χ0) is 12.3. The second kappa shape index (κ2) is 5.98. The van der Waals surface area contributed by atoms with Crippen molar-refractivity contribution in [2.24, 2.45) is 5.92 Å². The molecular formula is C13H17ClO2S. The van der Waals surface area contributed by atoms with E-state index in [0.29, 0.717) is 15.8 Å². The van der Waals surface area contributed by atoms with E-state index in [-0.39, 0.29) is 11.9 Å². The summed E-state index contributed by atoms with van der Waals surface area (Å²) in [4.78, 5) is 12.6. The zero-order valence-corrected chi connectivity index (χ0v) is 11.5. The van der Waals surface area contributed by atoms with Crippen LogP contribution < -0.4 is 0 Å². The summed E-state index contributed by atoms with van der Waals surface area (Å²) < 4.78 is 6.24. The van der Waals surface area contributed by atoms with Gasteiger partial charge in [-0.3, -0.25) is 4.79 Å². The van der Waals surface area contributed by atoms with Crippen LogP contribution in [0.25, 0.3) is 0 Å². The Kier molecular flexibility index (Phi) is 4.60. The van der Waals surface area contributed by atoms with Gasteiger partial charge in [0.15, 0.2) is 0 Å². The average molecular weight is 273 g/mol. The quantitative estimate of drug-likeness (QED) is 0.726. The third-order valence-corrected chi connectivity index (χ3v) is 4.55. The van der Waals surface area contributed by atoms with Gasteiger partial charge in [0, 0.05) is 6.61 Å². The fourth-order valence-electron chi connectivity index (χ4n) is 1.92. The third-order valence-electron chi connectivity index (χ3n) is 3.30. The van der Waals surface area contributed by atoms with Gasteiger partial charge in [-0.15, -0.1) is 11.3 Å². The Bertz CT molecular complexity index is 385. The van der Waals surface area contributed by atoms with Crippen molar-refractivity contribution in [2.45, 2.75) is 38.7 Å². The van der Waals surface area contributed by atoms with Gasteiger partial charge in [-0.25, -0.2) is 0 Å². The zero-order valence-electron chi connectivity index (χ0n) is 9.95. The summed E-state index contributed by atoms with van der Waals surface area (Å²) in [5.41, 5.74) is 0. The minimum Gasteiger partial charge on any atom is -0.370 e. The van der Waals surface area contributed by atoms with Gasteiger partial charge >= 0.3 is 0 Å². The van der Waals surface area contributed by atoms with Crippen molar-refractivity contribution < 1.29 is 9.53 Å². The van der Waals surface area contributed by atoms with E-state index >= 15 is 0 Å². The van der Waals surface area contributed by atoms with Crippen LogP contribution in [0.3, 0.4) is 0 Å². The summed E-state index contributed by atoms with van der Waals surface area (Å²) in [6.07, 6.45) is 4.73. The number of thiophene rings is 1. The molecule has 0 saturated heterocycles. The van der Waals surface area contributed by atoms with Crippen molar-refractivity contribution in [1.29, 1.82) is 0 Å². The normalized spacial score (nSPS) is 17.8. The van der Waals surface area contributed by atoms with Crippen LogP contribution in [-0.4, -0.2) is 18.5 Å². The Labute approximate surface area is 111 Å². The molecule has 94 valence electrons. The molecule has 1 atom stereocenters. The maximum absolute atomic E-state index is 11.9. The van der Waals surface area contributed by atoms with Crippen molar-refractivity contribution in [3.63, 3.8) is 0 Å². The molecule has 0 radical (unpaired) electrons. The minimum atomic E-state index is -0.357. The lowest BCUT2D eigenvalue weighted by molar-refractivity contribution is 0.0399. The number of halogens is 1. The Morgan fingerprint density at radius 3 is 2.88 bits per heavy atom. The number of ketones is 1. The highest BCUT2D eigenvalue weighted by Crippen LogP contribution is 2.29. The summed E-state index contributed by atoms with van der Waals surface area (Å²) in [5, 5.41) is 0. The van der Waals surface area contributed by atoms with Crippen LogP contribution in [0.15, 0.2) is 12.1 Å². The number of rotatable bonds is 6. The average Bonchev–Trinajstić information content (AvgIpc) is 2.67. The van der Waals surface area contributed by atoms with Gasteiger partial charge in [0.2, 0.25) is 5.78 Å². The van der Waals surface area contributed by atoms with E-state index in [1.807, 2.05) is 6.92 Å². The molecule has 1 aromatic heterocycles. The van der Waals surface area contributed by atoms with E-state index in [4.69, 9.17) is 16.3 Å². The predicted molar refractivity (Wildman–Crippen MR) is 71.0 cm³/mol. The van der Waals surface area contributed by atoms with Crippen molar-refractivity contribution in [2.75, 3.05) is 6.61 Å². The van der Waals surface area contributed by atoms with Crippen molar-refractivity contribution in [3.05, 3.63) is 21.3 Å². The second-order valence-electron chi connectivity index (χ2n) is 4.57. The molecule has 1 unspecified atom stereocenters. The van der Waals surface area contributed by atoms with Gasteiger partial charge in [0.1, 0.15) is 6.10 Å². The first-order chi connectivity index (χ1) is 8.16. The van der Waals surface area contributed by atoms with Crippen molar-refractivity contribution in [3.8, 4) is 0 Å². The maximum Gasteiger partial charge on any atom is 0.201 e. The number of carbonyl (C=O) groups excluding carboxylic acids is 1. The van der Waals surface area contributed by atoms with Crippen LogP contribution in [0.2, 0.25) is 4.34 Å². The molecule has 1 heterocycles. The highest BCUT2D eigenvalue weighted by Gasteiger charge is 2.20. The number of carbonyl (C=O) groups is 1. The lowest BCUT2D eigenvalue weighted by atomic mass is 9.83. The molecule has 2 nitrogen and oxygen atoms in total. The Morgan fingerprint density at radius 2 is 2.35 bits per heavy atom. The maximum atomic E-state index is 11.9. The van der Waals surface area contributed by atoms with Crippen LogP contribution in [0.4, 0.5) is 0 Å². The topological polar surface area (TPSA) is 26.3 Å². The number of hydrogen-bond donors (Lipinski definition) is 0. The van der Waals surface area contributed by atoms with E-state index in [1.54, 1.807) is 12.1 Å². The summed E-state index contributed by atoms with van der Waals surface area (Å²) >= 11 is 7.12. The fourth-order valence-corrected chi connectivity index (χ4v) is 2.98. The summed E-state index contributed by atoms with van der Waals surface area (Å²) in [6.45, 7) is 2.51. The standard InChI is InChI=1S/C13H17ClO2S/c1-9(16-8-7-10-3-2-4-10)13(15)11-5-6-12(14)17-11/h5-6,9-10H,2-4,7-8H2,1H3. The first-order valence-corrected chi connectivity index (χ1v) is 7.27. The van der Waals surface area contributed by atoms with Gasteiger partial charge in [-0.2, -0.15) is 0 Å². The van der Waals surface area contributed by atoms with E-state index in [9.17, 15) is 4.79 Å². The van der Waals surface area contributed by atoms with Crippen molar-refractivity contribution >= 4 is 28.7 Å². The fraction of sp³-hybridized carbons (Fsp3) is 0.615. The molecule has 0 spiro atoms. The first-order valence-electron chi connectivity index (χ1n) is 6.08. The molecule has 0 aliphatic heterocycles. The molecule has 0 amide bonds. The highest BCUT2D eigenvalue weighted by atomic mass is 35.5. The molecule has 1 aliphatic rings. The van der Waals surface area contributed by atoms with Crippen LogP contribution in [0, 0.1) is 5.92 Å². The van der Waals surface area contributed by atoms with Crippen LogP contribution in [0.1, 0.15) is 42.3 Å². The predicted octanol–water partition coefficient (Wildman–Crippen LogP) is 4.18. The monoisotopic (exact) mass is 272 g/mol. The largest absolute Gasteiger partial charge is 0.370 e. The summed E-state index contributed by atoms with van der Waals surface area (Å²) in [7, 11) is 0. The smallest absolute Gasteiger partial charge is 0.201 e. The number of Topliss-reactive ketones (excluding diaryl/α,β-unsaturated/α-hetero) is 1. The number of hydrogen-bond acceptors (Lipinski definition) is 3. The molecule has 4 heteroatoms. The van der Waals surface area contributed by atoms with Gasteiger partial charge in [-0.05, 0) is 31.4 Å². The number of ether oxygens (including phenoxy) is 1. The van der Waals surface area contributed by atoms with Crippen LogP contribution in [-0.2, 0) is 4.74 Å². The second-order valence-corrected chi connectivity index (χ2v) is 6.28. The van der Waals surface area contributed by atoms with Gasteiger partial charge < -0.3 is 4.74 Å². The molecule has 1 aromatic rings. The molecule has 1 fully saturated rings. The minimum absolute atomic E-state index is 0.0375. The van der Waals surface area contributed by atoms with Gasteiger partial charge in [0.05, 0.1) is 9.21 Å². The molecule has 0 aromatic carbocycles. The lowest BCUT2D eigenvalue weighted by Gasteiger charge is -2.25. The Morgan fingerprint density at radius 1 is 1.59 bits per heavy atom. The summed E-state index contributed by atoms with van der Waals surface area (Å²) in [6, 6.07) is 3.52. The Balaban J connectivity index is 1.74. The van der Waals surface area contributed by atoms with Crippen molar-refractivity contribution in [1.82, 2.24) is 0 Å². The van der Waals surface area contributed by atoms with Gasteiger partial charge in [0.25, 0.3) is 0 Å². The highest BCUT2D eigenvalue weighted by molar-refractivity contribution is 7.18. The molecule has 0 bridgehead atoms. The van der Waals surface area contributed by atoms with E-state index in [1.165, 1.54) is 30.6 Å². The third kappa shape index (κ3) is 3.54. The van der Waals surface area contributed by atoms with E-state index in [0.717, 1.165) is 12.3 Å². The van der Waals surface area contributed by atoms with Crippen LogP contribution >= 0.6 is 22.9 Å². The SMILES string of the molecule is CC(OCCC1CCC1)C(=O)c1ccc(Cl)s1. The Hall–Kier alpha value is -0.380. The first kappa shape index (κ1) is 13.1. The van der Waals surface area contributed by atoms with E-state index in [2.05, 4.69) is 0 Å². The molecule has 1 saturated carbocycles. The molecule has 2 rings (SSSR count). The summed E-state index contributed by atoms with van der Waals surface area (Å²) in [5.74, 6) is 0.865. The molecular weight excluding hydrogens is 256 g/mol. The van der Waals surface area contributed by atoms with Crippen LogP contribution in [0.5, 0.6) is 0 Å². The van der Waals surface area contributed by atoms with Gasteiger partial charge in [-0.1, -0.05) is 30.9 Å².